The molecule has 20 heteroatoms. The Morgan fingerprint density at radius 1 is 0.882 bits per heavy atom. The number of aromatic nitrogens is 2. The molecule has 0 saturated carbocycles. The Bertz CT molecular complexity index is 1470. The van der Waals surface area contributed by atoms with Gasteiger partial charge in [0.2, 0.25) is 5.95 Å². The van der Waals surface area contributed by atoms with Gasteiger partial charge in [-0.05, 0) is 50.9 Å². The van der Waals surface area contributed by atoms with Crippen LogP contribution in [0.4, 0.5) is 41.2 Å². The number of aliphatic carboxylic acids is 3. The number of amides is 2. The molecule has 0 unspecified atom stereocenters. The molecule has 282 valence electrons. The third-order valence-electron chi connectivity index (χ3n) is 7.91. The number of carbonyl (C=O) groups is 4. The van der Waals surface area contributed by atoms with Crippen molar-refractivity contribution in [2.75, 3.05) is 79.8 Å². The van der Waals surface area contributed by atoms with Crippen LogP contribution in [0.5, 0.6) is 0 Å². The Balaban J connectivity index is 0.000000460. The van der Waals surface area contributed by atoms with Crippen molar-refractivity contribution in [1.82, 2.24) is 20.2 Å². The number of alkyl halides is 3. The molecule has 3 heterocycles. The molecule has 2 aliphatic heterocycles. The molecular formula is C31H42ClF3N8O8. The molecule has 0 spiro atoms. The molecule has 2 aliphatic rings. The average molecular weight is 747 g/mol. The minimum absolute atomic E-state index is 0.0169. The fourth-order valence-electron chi connectivity index (χ4n) is 5.24. The molecule has 2 saturated heterocycles. The summed E-state index contributed by atoms with van der Waals surface area (Å²) in [5.41, 5.74) is -3.71. The number of carboxylic acid groups (broad SMARTS) is 3. The van der Waals surface area contributed by atoms with Gasteiger partial charge in [0.15, 0.2) is 5.60 Å². The van der Waals surface area contributed by atoms with E-state index in [9.17, 15) is 32.3 Å². The highest BCUT2D eigenvalue weighted by molar-refractivity contribution is 6.31. The van der Waals surface area contributed by atoms with E-state index in [1.54, 1.807) is 0 Å². The van der Waals surface area contributed by atoms with Gasteiger partial charge in [-0.1, -0.05) is 11.6 Å². The fourth-order valence-corrected chi connectivity index (χ4v) is 5.46. The number of hydrogen-bond acceptors (Lipinski definition) is 11. The number of anilines is 4. The van der Waals surface area contributed by atoms with Crippen molar-refractivity contribution in [3.63, 3.8) is 0 Å². The predicted octanol–water partition coefficient (Wildman–Crippen LogP) is 3.27. The molecule has 0 radical (unpaired) electrons. The van der Waals surface area contributed by atoms with Gasteiger partial charge in [0.05, 0.1) is 23.4 Å². The standard InChI is InChI=1S/C25H34ClF3N8O.C6H8O7/c1-35(15-9-31-24(38)32-18-6-7-20(26)19(16-18)25(27,28)29)14-8-30-21-17-22(36-10-2-3-11-36)34-23(33-21)37-12-4-5-13-37;7-3(8)1-6(13,5(11)12)2-4(9)10/h6-7,16-17H,2-5,8-15H2,1H3,(H,30,33,34)(H2,31,32,38);13H,1-2H2,(H,7,8)(H,9,10)(H,11,12). The number of nitrogens with zero attached hydrogens (tertiary/aromatic N) is 5. The molecule has 0 bridgehead atoms. The lowest BCUT2D eigenvalue weighted by molar-refractivity contribution is -0.170. The second-order valence-corrected chi connectivity index (χ2v) is 12.5. The molecular weight excluding hydrogens is 705 g/mol. The number of carboxylic acids is 3. The van der Waals surface area contributed by atoms with Crippen molar-refractivity contribution < 1.29 is 52.8 Å². The second-order valence-electron chi connectivity index (χ2n) is 12.1. The van der Waals surface area contributed by atoms with E-state index in [0.29, 0.717) is 26.2 Å². The van der Waals surface area contributed by atoms with Gasteiger partial charge >= 0.3 is 30.1 Å². The Hall–Kier alpha value is -4.62. The summed E-state index contributed by atoms with van der Waals surface area (Å²) in [6, 6.07) is 4.68. The van der Waals surface area contributed by atoms with E-state index < -0.39 is 59.1 Å². The molecule has 0 aliphatic carbocycles. The lowest BCUT2D eigenvalue weighted by Crippen LogP contribution is -2.42. The van der Waals surface area contributed by atoms with E-state index >= 15 is 0 Å². The van der Waals surface area contributed by atoms with Crippen LogP contribution in [0.1, 0.15) is 44.1 Å². The Labute approximate surface area is 296 Å². The molecule has 2 aromatic rings. The summed E-state index contributed by atoms with van der Waals surface area (Å²) < 4.78 is 39.0. The van der Waals surface area contributed by atoms with Crippen molar-refractivity contribution in [3.8, 4) is 0 Å². The lowest BCUT2D eigenvalue weighted by Gasteiger charge is -2.22. The quantitative estimate of drug-likeness (QED) is 0.139. The van der Waals surface area contributed by atoms with Gasteiger partial charge in [-0.2, -0.15) is 23.1 Å². The van der Waals surface area contributed by atoms with Crippen LogP contribution in [0.15, 0.2) is 24.3 Å². The summed E-state index contributed by atoms with van der Waals surface area (Å²) in [5, 5.41) is 41.9. The van der Waals surface area contributed by atoms with Crippen LogP contribution < -0.4 is 25.8 Å². The molecule has 2 fully saturated rings. The fraction of sp³-hybridized carbons (Fsp3) is 0.548. The highest BCUT2D eigenvalue weighted by atomic mass is 35.5. The first-order chi connectivity index (χ1) is 24.0. The summed E-state index contributed by atoms with van der Waals surface area (Å²) in [6.45, 7) is 6.24. The smallest absolute Gasteiger partial charge is 0.417 e. The number of likely N-dealkylation sites (N-methyl/N-ethyl adjacent to an activating group) is 1. The summed E-state index contributed by atoms with van der Waals surface area (Å²) in [4.78, 5) is 58.8. The minimum Gasteiger partial charge on any atom is -0.481 e. The number of hydrogen-bond donors (Lipinski definition) is 7. The van der Waals surface area contributed by atoms with Gasteiger partial charge in [-0.3, -0.25) is 9.59 Å². The maximum absolute atomic E-state index is 13.0. The summed E-state index contributed by atoms with van der Waals surface area (Å²) in [6.07, 6.45) is -2.22. The summed E-state index contributed by atoms with van der Waals surface area (Å²) in [5.74, 6) is -2.47. The molecule has 0 atom stereocenters. The first-order valence-electron chi connectivity index (χ1n) is 16.1. The molecule has 7 N–H and O–H groups in total. The Morgan fingerprint density at radius 2 is 1.45 bits per heavy atom. The molecule has 1 aromatic heterocycles. The normalized spacial score (nSPS) is 14.6. The highest BCUT2D eigenvalue weighted by Gasteiger charge is 2.41. The topological polar surface area (TPSA) is 221 Å². The second kappa shape index (κ2) is 18.6. The minimum atomic E-state index is -4.60. The van der Waals surface area contributed by atoms with Crippen molar-refractivity contribution in [2.45, 2.75) is 50.3 Å². The van der Waals surface area contributed by atoms with Gasteiger partial charge in [0, 0.05) is 64.1 Å². The van der Waals surface area contributed by atoms with Crippen molar-refractivity contribution in [3.05, 3.63) is 34.9 Å². The van der Waals surface area contributed by atoms with E-state index in [1.165, 1.54) is 18.9 Å². The van der Waals surface area contributed by atoms with E-state index in [-0.39, 0.29) is 5.69 Å². The van der Waals surface area contributed by atoms with Crippen molar-refractivity contribution >= 4 is 58.8 Å². The van der Waals surface area contributed by atoms with Crippen LogP contribution in [0.2, 0.25) is 5.02 Å². The van der Waals surface area contributed by atoms with E-state index in [0.717, 1.165) is 68.7 Å². The van der Waals surface area contributed by atoms with Crippen LogP contribution in [-0.2, 0) is 20.6 Å². The van der Waals surface area contributed by atoms with Gasteiger partial charge in [-0.15, -0.1) is 0 Å². The number of urea groups is 1. The zero-order chi connectivity index (χ0) is 37.8. The molecule has 2 amide bonds. The average Bonchev–Trinajstić information content (AvgIpc) is 3.77. The van der Waals surface area contributed by atoms with Crippen LogP contribution in [-0.4, -0.2) is 124 Å². The number of halogens is 4. The van der Waals surface area contributed by atoms with Crippen molar-refractivity contribution in [1.29, 1.82) is 0 Å². The van der Waals surface area contributed by atoms with Gasteiger partial charge in [0.25, 0.3) is 0 Å². The zero-order valence-corrected chi connectivity index (χ0v) is 28.6. The van der Waals surface area contributed by atoms with Crippen LogP contribution in [0.25, 0.3) is 0 Å². The van der Waals surface area contributed by atoms with Crippen molar-refractivity contribution in [2.24, 2.45) is 0 Å². The largest absolute Gasteiger partial charge is 0.481 e. The summed E-state index contributed by atoms with van der Waals surface area (Å²) >= 11 is 5.62. The number of aliphatic hydroxyl groups is 1. The SMILES string of the molecule is CN(CCNC(=O)Nc1ccc(Cl)c(C(F)(F)F)c1)CCNc1cc(N2CCCC2)nc(N2CCCC2)n1.O=C(O)CC(O)(CC(=O)O)C(=O)O. The van der Waals surface area contributed by atoms with Gasteiger partial charge in [-0.25, -0.2) is 9.59 Å². The zero-order valence-electron chi connectivity index (χ0n) is 27.9. The first-order valence-corrected chi connectivity index (χ1v) is 16.5. The first kappa shape index (κ1) is 40.8. The van der Waals surface area contributed by atoms with E-state index in [4.69, 9.17) is 42.0 Å². The van der Waals surface area contributed by atoms with Gasteiger partial charge in [0.1, 0.15) is 11.6 Å². The maximum atomic E-state index is 13.0. The Kier molecular flexibility index (Phi) is 14.9. The third kappa shape index (κ3) is 13.2. The molecule has 1 aromatic carbocycles. The van der Waals surface area contributed by atoms with Crippen LogP contribution >= 0.6 is 11.6 Å². The van der Waals surface area contributed by atoms with Crippen LogP contribution in [0.3, 0.4) is 0 Å². The highest BCUT2D eigenvalue weighted by Crippen LogP contribution is 2.36. The lowest BCUT2D eigenvalue weighted by atomic mass is 9.96. The van der Waals surface area contributed by atoms with Crippen LogP contribution in [0, 0.1) is 0 Å². The summed E-state index contributed by atoms with van der Waals surface area (Å²) in [7, 11) is 1.93. The van der Waals surface area contributed by atoms with E-state index in [1.807, 2.05) is 18.0 Å². The molecule has 16 nitrogen and oxygen atoms in total. The molecule has 51 heavy (non-hydrogen) atoms. The molecule has 4 rings (SSSR count). The number of rotatable bonds is 15. The Morgan fingerprint density at radius 3 is 2.00 bits per heavy atom. The predicted molar refractivity (Wildman–Crippen MR) is 181 cm³/mol. The third-order valence-corrected chi connectivity index (χ3v) is 8.24. The van der Waals surface area contributed by atoms with E-state index in [2.05, 4.69) is 25.8 Å². The maximum Gasteiger partial charge on any atom is 0.417 e. The number of benzene rings is 1. The number of nitrogens with one attached hydrogen (secondary N) is 3. The van der Waals surface area contributed by atoms with Gasteiger partial charge < -0.3 is 51.1 Å². The number of carbonyl (C=O) groups excluding carboxylic acids is 1. The monoisotopic (exact) mass is 746 g/mol.